The summed E-state index contributed by atoms with van der Waals surface area (Å²) in [4.78, 5) is 30.2. The molecule has 36 heavy (non-hydrogen) atoms. The Morgan fingerprint density at radius 2 is 1.36 bits per heavy atom. The number of pyridine rings is 1. The Morgan fingerprint density at radius 3 is 2.03 bits per heavy atom. The van der Waals surface area contributed by atoms with Gasteiger partial charge < -0.3 is 4.74 Å². The molecule has 0 radical (unpaired) electrons. The van der Waals surface area contributed by atoms with Gasteiger partial charge in [0, 0.05) is 10.8 Å². The van der Waals surface area contributed by atoms with E-state index in [4.69, 9.17) is 4.74 Å². The van der Waals surface area contributed by atoms with E-state index in [1.807, 2.05) is 30.3 Å². The van der Waals surface area contributed by atoms with Crippen LogP contribution in [0, 0.1) is 0 Å². The molecule has 0 bridgehead atoms. The van der Waals surface area contributed by atoms with Crippen LogP contribution < -0.4 is 4.72 Å². The Kier molecular flexibility index (Phi) is 6.18. The molecule has 0 atom stereocenters. The third-order valence-electron chi connectivity index (χ3n) is 5.63. The van der Waals surface area contributed by atoms with E-state index in [1.54, 1.807) is 48.5 Å². The van der Waals surface area contributed by atoms with Gasteiger partial charge in [-0.1, -0.05) is 72.8 Å². The summed E-state index contributed by atoms with van der Waals surface area (Å²) in [6.07, 6.45) is 0. The molecule has 1 aromatic heterocycles. The second-order valence-corrected chi connectivity index (χ2v) is 9.73. The largest absolute Gasteiger partial charge is 0.457 e. The zero-order valence-corrected chi connectivity index (χ0v) is 19.7. The highest BCUT2D eigenvalue weighted by molar-refractivity contribution is 7.90. The van der Waals surface area contributed by atoms with Crippen molar-refractivity contribution in [3.05, 3.63) is 120 Å². The van der Waals surface area contributed by atoms with Crippen molar-refractivity contribution >= 4 is 43.7 Å². The lowest BCUT2D eigenvalue weighted by Gasteiger charge is -2.12. The molecule has 1 N–H and O–H groups in total. The summed E-state index contributed by atoms with van der Waals surface area (Å²) < 4.78 is 33.7. The first-order valence-corrected chi connectivity index (χ1v) is 12.6. The summed E-state index contributed by atoms with van der Waals surface area (Å²) in [6, 6.07) is 28.6. The van der Waals surface area contributed by atoms with Crippen molar-refractivity contribution in [2.75, 3.05) is 0 Å². The molecule has 4 aromatic carbocycles. The number of rotatable bonds is 6. The molecule has 0 saturated heterocycles. The Hall–Kier alpha value is -4.56. The lowest BCUT2D eigenvalue weighted by Crippen LogP contribution is -2.31. The monoisotopic (exact) mass is 496 g/mol. The number of nitrogens with zero attached hydrogens (tertiary/aromatic N) is 1. The Morgan fingerprint density at radius 1 is 0.750 bits per heavy atom. The number of sulfonamides is 1. The fraction of sp³-hybridized carbons (Fsp3) is 0.0357. The first-order valence-electron chi connectivity index (χ1n) is 11.1. The van der Waals surface area contributed by atoms with Crippen LogP contribution in [0.15, 0.2) is 108 Å². The van der Waals surface area contributed by atoms with Crippen LogP contribution in [-0.4, -0.2) is 25.3 Å². The fourth-order valence-electron chi connectivity index (χ4n) is 3.91. The minimum absolute atomic E-state index is 0.0512. The van der Waals surface area contributed by atoms with Gasteiger partial charge in [0.25, 0.3) is 15.9 Å². The molecule has 0 aliphatic rings. The molecule has 5 rings (SSSR count). The number of carbonyl (C=O) groups excluding carboxylic acids is 2. The van der Waals surface area contributed by atoms with Gasteiger partial charge in [-0.15, -0.1) is 0 Å². The molecule has 178 valence electrons. The number of carbonyl (C=O) groups is 2. The van der Waals surface area contributed by atoms with Crippen molar-refractivity contribution in [3.8, 4) is 0 Å². The molecule has 7 nitrogen and oxygen atoms in total. The maximum Gasteiger partial charge on any atom is 0.338 e. The predicted molar refractivity (Wildman–Crippen MR) is 136 cm³/mol. The molecular formula is C28H20N2O5S. The SMILES string of the molecule is O=C(OCc1ccccc1)c1cccc(S(=O)(=O)NC(=O)c2c3ccccc3nc3ccccc23)c1. The van der Waals surface area contributed by atoms with E-state index >= 15 is 0 Å². The number of benzene rings is 4. The van der Waals surface area contributed by atoms with Gasteiger partial charge in [0.2, 0.25) is 0 Å². The van der Waals surface area contributed by atoms with E-state index in [-0.39, 0.29) is 22.6 Å². The Labute approximate surface area is 207 Å². The van der Waals surface area contributed by atoms with Crippen molar-refractivity contribution in [1.82, 2.24) is 9.71 Å². The molecule has 0 saturated carbocycles. The zero-order valence-electron chi connectivity index (χ0n) is 18.9. The summed E-state index contributed by atoms with van der Waals surface area (Å²) >= 11 is 0. The van der Waals surface area contributed by atoms with E-state index in [0.717, 1.165) is 5.56 Å². The van der Waals surface area contributed by atoms with Crippen LogP contribution in [0.4, 0.5) is 0 Å². The number of para-hydroxylation sites is 2. The van der Waals surface area contributed by atoms with Crippen molar-refractivity contribution in [1.29, 1.82) is 0 Å². The van der Waals surface area contributed by atoms with E-state index in [1.165, 1.54) is 24.3 Å². The predicted octanol–water partition coefficient (Wildman–Crippen LogP) is 4.86. The molecule has 0 aliphatic carbocycles. The average Bonchev–Trinajstić information content (AvgIpc) is 2.90. The quantitative estimate of drug-likeness (QED) is 0.266. The molecule has 0 fully saturated rings. The number of nitrogens with one attached hydrogen (secondary N) is 1. The summed E-state index contributed by atoms with van der Waals surface area (Å²) in [6.45, 7) is 0.0512. The lowest BCUT2D eigenvalue weighted by molar-refractivity contribution is 0.0472. The second-order valence-electron chi connectivity index (χ2n) is 8.05. The first-order chi connectivity index (χ1) is 17.4. The minimum atomic E-state index is -4.30. The molecular weight excluding hydrogens is 476 g/mol. The van der Waals surface area contributed by atoms with Gasteiger partial charge in [-0.3, -0.25) is 4.79 Å². The summed E-state index contributed by atoms with van der Waals surface area (Å²) in [7, 11) is -4.30. The molecule has 5 aromatic rings. The normalized spacial score (nSPS) is 11.3. The van der Waals surface area contributed by atoms with Crippen molar-refractivity contribution in [2.24, 2.45) is 0 Å². The lowest BCUT2D eigenvalue weighted by atomic mass is 10.0. The van der Waals surface area contributed by atoms with Gasteiger partial charge in [0.1, 0.15) is 6.61 Å². The van der Waals surface area contributed by atoms with E-state index in [0.29, 0.717) is 21.8 Å². The standard InChI is InChI=1S/C28H20N2O5S/c31-27(26-22-13-4-6-15-24(22)29-25-16-7-5-14-23(25)26)30-36(33,34)21-12-8-11-20(17-21)28(32)35-18-19-9-2-1-3-10-19/h1-17H,18H2,(H,30,31). The number of ether oxygens (including phenoxy) is 1. The van der Waals surface area contributed by atoms with Crippen molar-refractivity contribution in [3.63, 3.8) is 0 Å². The van der Waals surface area contributed by atoms with Gasteiger partial charge in [-0.25, -0.2) is 22.9 Å². The number of hydrogen-bond donors (Lipinski definition) is 1. The fourth-order valence-corrected chi connectivity index (χ4v) is 4.92. The number of esters is 1. The number of fused-ring (bicyclic) bond motifs is 2. The highest BCUT2D eigenvalue weighted by Crippen LogP contribution is 2.26. The van der Waals surface area contributed by atoms with Crippen molar-refractivity contribution in [2.45, 2.75) is 11.5 Å². The maximum absolute atomic E-state index is 13.3. The first kappa shape index (κ1) is 23.2. The second kappa shape index (κ2) is 9.59. The molecule has 0 unspecified atom stereocenters. The van der Waals surface area contributed by atoms with Crippen LogP contribution in [0.1, 0.15) is 26.3 Å². The average molecular weight is 497 g/mol. The summed E-state index contributed by atoms with van der Waals surface area (Å²) in [5.41, 5.74) is 2.21. The van der Waals surface area contributed by atoms with E-state index < -0.39 is 21.9 Å². The molecule has 0 aliphatic heterocycles. The molecule has 1 amide bonds. The molecule has 1 heterocycles. The highest BCUT2D eigenvalue weighted by atomic mass is 32.2. The van der Waals surface area contributed by atoms with Crippen LogP contribution in [0.25, 0.3) is 21.8 Å². The Bertz CT molecular complexity index is 1660. The van der Waals surface area contributed by atoms with Crippen LogP contribution in [-0.2, 0) is 21.4 Å². The van der Waals surface area contributed by atoms with E-state index in [2.05, 4.69) is 9.71 Å². The van der Waals surface area contributed by atoms with E-state index in [9.17, 15) is 18.0 Å². The summed E-state index contributed by atoms with van der Waals surface area (Å²) in [5, 5.41) is 1.06. The van der Waals surface area contributed by atoms with Gasteiger partial charge in [0.15, 0.2) is 0 Å². The highest BCUT2D eigenvalue weighted by Gasteiger charge is 2.23. The van der Waals surface area contributed by atoms with Crippen LogP contribution in [0.5, 0.6) is 0 Å². The van der Waals surface area contributed by atoms with Crippen LogP contribution >= 0.6 is 0 Å². The Balaban J connectivity index is 1.43. The van der Waals surface area contributed by atoms with Crippen LogP contribution in [0.3, 0.4) is 0 Å². The third kappa shape index (κ3) is 4.67. The van der Waals surface area contributed by atoms with Gasteiger partial charge in [-0.05, 0) is 35.9 Å². The van der Waals surface area contributed by atoms with Gasteiger partial charge >= 0.3 is 5.97 Å². The third-order valence-corrected chi connectivity index (χ3v) is 6.96. The number of hydrogen-bond acceptors (Lipinski definition) is 6. The topological polar surface area (TPSA) is 102 Å². The van der Waals surface area contributed by atoms with Gasteiger partial charge in [-0.2, -0.15) is 0 Å². The van der Waals surface area contributed by atoms with Crippen LogP contribution in [0.2, 0.25) is 0 Å². The number of amides is 1. The van der Waals surface area contributed by atoms with Gasteiger partial charge in [0.05, 0.1) is 27.1 Å². The zero-order chi connectivity index (χ0) is 25.1. The number of aromatic nitrogens is 1. The molecule has 8 heteroatoms. The minimum Gasteiger partial charge on any atom is -0.457 e. The smallest absolute Gasteiger partial charge is 0.338 e. The maximum atomic E-state index is 13.3. The summed E-state index contributed by atoms with van der Waals surface area (Å²) in [5.74, 6) is -1.46. The van der Waals surface area contributed by atoms with Crippen molar-refractivity contribution < 1.29 is 22.7 Å². The molecule has 0 spiro atoms.